The molecule has 2 aromatic rings. The van der Waals surface area contributed by atoms with Crippen LogP contribution in [0.3, 0.4) is 0 Å². The van der Waals surface area contributed by atoms with Crippen LogP contribution in [0.15, 0.2) is 41.5 Å². The molecule has 3 heterocycles. The zero-order valence-corrected chi connectivity index (χ0v) is 12.4. The predicted octanol–water partition coefficient (Wildman–Crippen LogP) is 2.54. The van der Waals surface area contributed by atoms with E-state index in [1.54, 1.807) is 6.07 Å². The van der Waals surface area contributed by atoms with Crippen molar-refractivity contribution in [3.8, 4) is 0 Å². The second-order valence-electron chi connectivity index (χ2n) is 5.85. The molecule has 0 radical (unpaired) electrons. The third-order valence-corrected chi connectivity index (χ3v) is 4.23. The van der Waals surface area contributed by atoms with Crippen molar-refractivity contribution in [2.75, 3.05) is 18.0 Å². The van der Waals surface area contributed by atoms with Crippen LogP contribution < -0.4 is 10.5 Å². The SMILES string of the molecule is Cc1cc(N2CCC(Cc3ccc(=O)[nH]c3)CC2)ccn1. The van der Waals surface area contributed by atoms with Gasteiger partial charge in [0.1, 0.15) is 0 Å². The average molecular weight is 283 g/mol. The van der Waals surface area contributed by atoms with Crippen LogP contribution in [0, 0.1) is 12.8 Å². The van der Waals surface area contributed by atoms with Crippen molar-refractivity contribution in [3.05, 3.63) is 58.3 Å². The number of anilines is 1. The summed E-state index contributed by atoms with van der Waals surface area (Å²) in [5.41, 5.74) is 3.56. The van der Waals surface area contributed by atoms with Gasteiger partial charge in [-0.15, -0.1) is 0 Å². The number of piperidine rings is 1. The largest absolute Gasteiger partial charge is 0.371 e. The Balaban J connectivity index is 1.57. The van der Waals surface area contributed by atoms with Gasteiger partial charge in [-0.3, -0.25) is 9.78 Å². The number of rotatable bonds is 3. The molecule has 1 aliphatic rings. The maximum atomic E-state index is 11.1. The summed E-state index contributed by atoms with van der Waals surface area (Å²) in [5, 5.41) is 0. The quantitative estimate of drug-likeness (QED) is 0.941. The number of nitrogens with zero attached hydrogens (tertiary/aromatic N) is 2. The van der Waals surface area contributed by atoms with E-state index in [-0.39, 0.29) is 5.56 Å². The van der Waals surface area contributed by atoms with E-state index in [1.165, 1.54) is 24.1 Å². The first-order valence-corrected chi connectivity index (χ1v) is 7.56. The van der Waals surface area contributed by atoms with Gasteiger partial charge in [0.05, 0.1) is 0 Å². The number of hydrogen-bond donors (Lipinski definition) is 1. The van der Waals surface area contributed by atoms with Crippen LogP contribution in [-0.4, -0.2) is 23.1 Å². The van der Waals surface area contributed by atoms with Gasteiger partial charge in [0.15, 0.2) is 0 Å². The molecule has 0 bridgehead atoms. The summed E-state index contributed by atoms with van der Waals surface area (Å²) in [5.74, 6) is 0.704. The molecule has 0 aliphatic carbocycles. The molecule has 0 atom stereocenters. The Bertz CT molecular complexity index is 637. The molecular weight excluding hydrogens is 262 g/mol. The van der Waals surface area contributed by atoms with Gasteiger partial charge in [0, 0.05) is 42.9 Å². The Morgan fingerprint density at radius 2 is 2.10 bits per heavy atom. The highest BCUT2D eigenvalue weighted by molar-refractivity contribution is 5.46. The summed E-state index contributed by atoms with van der Waals surface area (Å²) in [4.78, 5) is 20.5. The van der Waals surface area contributed by atoms with Gasteiger partial charge in [-0.2, -0.15) is 0 Å². The van der Waals surface area contributed by atoms with Crippen molar-refractivity contribution in [2.45, 2.75) is 26.2 Å². The van der Waals surface area contributed by atoms with Crippen LogP contribution in [0.25, 0.3) is 0 Å². The van der Waals surface area contributed by atoms with Crippen molar-refractivity contribution in [3.63, 3.8) is 0 Å². The van der Waals surface area contributed by atoms with Crippen LogP contribution >= 0.6 is 0 Å². The summed E-state index contributed by atoms with van der Waals surface area (Å²) >= 11 is 0. The third-order valence-electron chi connectivity index (χ3n) is 4.23. The first-order chi connectivity index (χ1) is 10.2. The number of aryl methyl sites for hydroxylation is 1. The van der Waals surface area contributed by atoms with Crippen LogP contribution in [0.5, 0.6) is 0 Å². The first kappa shape index (κ1) is 13.9. The van der Waals surface area contributed by atoms with Gasteiger partial charge in [-0.05, 0) is 49.8 Å². The molecule has 4 heteroatoms. The molecular formula is C17H21N3O. The zero-order valence-electron chi connectivity index (χ0n) is 12.4. The van der Waals surface area contributed by atoms with Crippen LogP contribution in [0.2, 0.25) is 0 Å². The number of pyridine rings is 2. The maximum absolute atomic E-state index is 11.1. The van der Waals surface area contributed by atoms with Gasteiger partial charge < -0.3 is 9.88 Å². The fourth-order valence-electron chi connectivity index (χ4n) is 3.03. The minimum atomic E-state index is -0.0263. The molecule has 1 aliphatic heterocycles. The van der Waals surface area contributed by atoms with E-state index in [9.17, 15) is 4.79 Å². The topological polar surface area (TPSA) is 49.0 Å². The van der Waals surface area contributed by atoms with E-state index in [1.807, 2.05) is 25.4 Å². The third kappa shape index (κ3) is 3.51. The lowest BCUT2D eigenvalue weighted by Gasteiger charge is -2.33. The highest BCUT2D eigenvalue weighted by Crippen LogP contribution is 2.25. The molecule has 0 amide bonds. The van der Waals surface area contributed by atoms with E-state index >= 15 is 0 Å². The fourth-order valence-corrected chi connectivity index (χ4v) is 3.03. The zero-order chi connectivity index (χ0) is 14.7. The van der Waals surface area contributed by atoms with E-state index in [4.69, 9.17) is 0 Å². The number of nitrogens with one attached hydrogen (secondary N) is 1. The second kappa shape index (κ2) is 6.12. The van der Waals surface area contributed by atoms with Gasteiger partial charge in [0.2, 0.25) is 5.56 Å². The van der Waals surface area contributed by atoms with E-state index < -0.39 is 0 Å². The summed E-state index contributed by atoms with van der Waals surface area (Å²) in [7, 11) is 0. The highest BCUT2D eigenvalue weighted by Gasteiger charge is 2.19. The molecule has 21 heavy (non-hydrogen) atoms. The van der Waals surface area contributed by atoms with Crippen LogP contribution in [0.1, 0.15) is 24.1 Å². The van der Waals surface area contributed by atoms with Gasteiger partial charge >= 0.3 is 0 Å². The lowest BCUT2D eigenvalue weighted by Crippen LogP contribution is -2.34. The number of H-pyrrole nitrogens is 1. The minimum absolute atomic E-state index is 0.0263. The van der Waals surface area contributed by atoms with Gasteiger partial charge in [-0.1, -0.05) is 6.07 Å². The van der Waals surface area contributed by atoms with Crippen molar-refractivity contribution in [2.24, 2.45) is 5.92 Å². The first-order valence-electron chi connectivity index (χ1n) is 7.56. The summed E-state index contributed by atoms with van der Waals surface area (Å²) in [6.07, 6.45) is 7.18. The molecule has 110 valence electrons. The van der Waals surface area contributed by atoms with E-state index in [0.29, 0.717) is 5.92 Å². The smallest absolute Gasteiger partial charge is 0.247 e. The number of hydrogen-bond acceptors (Lipinski definition) is 3. The highest BCUT2D eigenvalue weighted by atomic mass is 16.1. The lowest BCUT2D eigenvalue weighted by atomic mass is 9.90. The molecule has 3 rings (SSSR count). The minimum Gasteiger partial charge on any atom is -0.371 e. The normalized spacial score (nSPS) is 16.1. The molecule has 1 fully saturated rings. The van der Waals surface area contributed by atoms with Crippen molar-refractivity contribution < 1.29 is 0 Å². The van der Waals surface area contributed by atoms with Crippen molar-refractivity contribution in [1.29, 1.82) is 0 Å². The summed E-state index contributed by atoms with van der Waals surface area (Å²) in [6, 6.07) is 7.80. The number of aromatic amines is 1. The Labute approximate surface area is 124 Å². The lowest BCUT2D eigenvalue weighted by molar-refractivity contribution is 0.403. The summed E-state index contributed by atoms with van der Waals surface area (Å²) in [6.45, 7) is 4.22. The fraction of sp³-hybridized carbons (Fsp3) is 0.412. The Morgan fingerprint density at radius 3 is 2.76 bits per heavy atom. The standard InChI is InChI=1S/C17H21N3O/c1-13-10-16(4-7-18-13)20-8-5-14(6-9-20)11-15-2-3-17(21)19-12-15/h2-4,7,10,12,14H,5-6,8-9,11H2,1H3,(H,19,21). The second-order valence-corrected chi connectivity index (χ2v) is 5.85. The van der Waals surface area contributed by atoms with Crippen molar-refractivity contribution >= 4 is 5.69 Å². The van der Waals surface area contributed by atoms with Crippen molar-refractivity contribution in [1.82, 2.24) is 9.97 Å². The molecule has 0 unspecified atom stereocenters. The molecule has 1 N–H and O–H groups in total. The van der Waals surface area contributed by atoms with Crippen LogP contribution in [-0.2, 0) is 6.42 Å². The monoisotopic (exact) mass is 283 g/mol. The molecule has 0 saturated carbocycles. The number of aromatic nitrogens is 2. The average Bonchev–Trinajstić information content (AvgIpc) is 2.50. The van der Waals surface area contributed by atoms with Gasteiger partial charge in [-0.25, -0.2) is 0 Å². The van der Waals surface area contributed by atoms with E-state index in [0.717, 1.165) is 25.2 Å². The molecule has 0 aromatic carbocycles. The molecule has 0 spiro atoms. The Kier molecular flexibility index (Phi) is 4.04. The predicted molar refractivity (Wildman–Crippen MR) is 84.7 cm³/mol. The molecule has 2 aromatic heterocycles. The maximum Gasteiger partial charge on any atom is 0.247 e. The molecule has 1 saturated heterocycles. The van der Waals surface area contributed by atoms with E-state index in [2.05, 4.69) is 27.0 Å². The summed E-state index contributed by atoms with van der Waals surface area (Å²) < 4.78 is 0. The van der Waals surface area contributed by atoms with Gasteiger partial charge in [0.25, 0.3) is 0 Å². The Hall–Kier alpha value is -2.10. The molecule has 4 nitrogen and oxygen atoms in total. The van der Waals surface area contributed by atoms with Crippen LogP contribution in [0.4, 0.5) is 5.69 Å². The Morgan fingerprint density at radius 1 is 1.29 bits per heavy atom.